The van der Waals surface area contributed by atoms with Crippen LogP contribution in [0, 0.1) is 13.8 Å². The fourth-order valence-corrected chi connectivity index (χ4v) is 4.58. The molecule has 1 aliphatic rings. The molecule has 5 nitrogen and oxygen atoms in total. The number of ether oxygens (including phenoxy) is 1. The van der Waals surface area contributed by atoms with E-state index in [1.165, 1.54) is 6.92 Å². The van der Waals surface area contributed by atoms with Crippen molar-refractivity contribution < 1.29 is 14.3 Å². The molecule has 0 unspecified atom stereocenters. The zero-order chi connectivity index (χ0) is 20.3. The minimum absolute atomic E-state index is 0.187. The number of thioether (sulfide) groups is 1. The van der Waals surface area contributed by atoms with E-state index in [1.807, 2.05) is 63.4 Å². The summed E-state index contributed by atoms with van der Waals surface area (Å²) in [6.07, 6.45) is -0.880. The molecule has 1 N–H and O–H groups in total. The summed E-state index contributed by atoms with van der Waals surface area (Å²) in [5.74, 6) is -0.639. The van der Waals surface area contributed by atoms with Crippen molar-refractivity contribution >= 4 is 29.3 Å². The Kier molecular flexibility index (Phi) is 6.42. The monoisotopic (exact) mass is 398 g/mol. The molecule has 0 radical (unpaired) electrons. The van der Waals surface area contributed by atoms with Crippen molar-refractivity contribution in [3.63, 3.8) is 0 Å². The summed E-state index contributed by atoms with van der Waals surface area (Å²) in [6.45, 7) is 6.54. The average molecular weight is 399 g/mol. The number of nitrogens with one attached hydrogen (secondary N) is 1. The van der Waals surface area contributed by atoms with Gasteiger partial charge in [0.15, 0.2) is 6.10 Å². The number of carbonyl (C=O) groups excluding carboxylic acids is 2. The van der Waals surface area contributed by atoms with Crippen molar-refractivity contribution in [2.75, 3.05) is 25.0 Å². The van der Waals surface area contributed by atoms with E-state index in [9.17, 15) is 9.59 Å². The first kappa shape index (κ1) is 20.4. The van der Waals surface area contributed by atoms with E-state index in [0.717, 1.165) is 27.3 Å². The maximum atomic E-state index is 13.5. The zero-order valence-electron chi connectivity index (χ0n) is 16.7. The summed E-state index contributed by atoms with van der Waals surface area (Å²) in [7, 11) is 1.85. The summed E-state index contributed by atoms with van der Waals surface area (Å²) in [4.78, 5) is 28.1. The van der Waals surface area contributed by atoms with Gasteiger partial charge in [-0.15, -0.1) is 11.8 Å². The van der Waals surface area contributed by atoms with E-state index in [0.29, 0.717) is 13.1 Å². The number of hydrogen-bond acceptors (Lipinski definition) is 5. The second kappa shape index (κ2) is 8.80. The number of esters is 1. The number of rotatable bonds is 5. The normalized spacial score (nSPS) is 19.1. The topological polar surface area (TPSA) is 58.6 Å². The van der Waals surface area contributed by atoms with E-state index >= 15 is 0 Å². The second-order valence-electron chi connectivity index (χ2n) is 7.04. The predicted octanol–water partition coefficient (Wildman–Crippen LogP) is 3.63. The van der Waals surface area contributed by atoms with Crippen LogP contribution < -0.4 is 10.2 Å². The van der Waals surface area contributed by atoms with Crippen molar-refractivity contribution in [1.29, 1.82) is 0 Å². The highest BCUT2D eigenvalue weighted by atomic mass is 32.2. The molecule has 0 aromatic heterocycles. The third-order valence-corrected chi connectivity index (χ3v) is 6.10. The number of carbonyl (C=O) groups is 2. The molecule has 1 amide bonds. The van der Waals surface area contributed by atoms with Crippen molar-refractivity contribution in [2.24, 2.45) is 0 Å². The lowest BCUT2D eigenvalue weighted by atomic mass is 10.0. The van der Waals surface area contributed by atoms with E-state index in [2.05, 4.69) is 5.32 Å². The van der Waals surface area contributed by atoms with Crippen LogP contribution >= 0.6 is 11.8 Å². The molecular weight excluding hydrogens is 372 g/mol. The fourth-order valence-electron chi connectivity index (χ4n) is 3.28. The van der Waals surface area contributed by atoms with Gasteiger partial charge in [-0.3, -0.25) is 9.59 Å². The van der Waals surface area contributed by atoms with E-state index in [4.69, 9.17) is 4.74 Å². The highest BCUT2D eigenvalue weighted by Crippen LogP contribution is 2.47. The first-order valence-electron chi connectivity index (χ1n) is 9.37. The average Bonchev–Trinajstić information content (AvgIpc) is 2.76. The van der Waals surface area contributed by atoms with Crippen LogP contribution in [-0.2, 0) is 14.3 Å². The Labute approximate surface area is 170 Å². The molecule has 2 aromatic rings. The molecular formula is C22H26N2O3S. The van der Waals surface area contributed by atoms with Crippen LogP contribution in [0.2, 0.25) is 0 Å². The zero-order valence-corrected chi connectivity index (χ0v) is 17.5. The quantitative estimate of drug-likeness (QED) is 0.780. The summed E-state index contributed by atoms with van der Waals surface area (Å²) in [5.41, 5.74) is 4.07. The number of benzene rings is 2. The molecule has 1 aliphatic heterocycles. The van der Waals surface area contributed by atoms with Crippen LogP contribution in [0.5, 0.6) is 0 Å². The van der Waals surface area contributed by atoms with Gasteiger partial charge in [0.2, 0.25) is 0 Å². The van der Waals surface area contributed by atoms with Gasteiger partial charge in [-0.1, -0.05) is 35.9 Å². The molecule has 28 heavy (non-hydrogen) atoms. The fraction of sp³-hybridized carbons (Fsp3) is 0.364. The van der Waals surface area contributed by atoms with Crippen molar-refractivity contribution in [2.45, 2.75) is 37.0 Å². The van der Waals surface area contributed by atoms with Gasteiger partial charge >= 0.3 is 5.97 Å². The minimum atomic E-state index is -0.880. The van der Waals surface area contributed by atoms with Crippen molar-refractivity contribution in [1.82, 2.24) is 5.32 Å². The Morgan fingerprint density at radius 1 is 1.14 bits per heavy atom. The molecule has 0 aliphatic carbocycles. The minimum Gasteiger partial charge on any atom is -0.451 e. The van der Waals surface area contributed by atoms with Crippen LogP contribution in [0.4, 0.5) is 5.69 Å². The van der Waals surface area contributed by atoms with Crippen LogP contribution in [0.25, 0.3) is 0 Å². The maximum Gasteiger partial charge on any atom is 0.303 e. The van der Waals surface area contributed by atoms with Crippen LogP contribution in [0.1, 0.15) is 28.9 Å². The standard InChI is InChI=1S/C22H26N2O3S/c1-14-5-8-17(9-6-14)21-20(27-16(3)25)22(26)24(12-11-23-4)18-13-15(2)7-10-19(18)28-21/h5-10,13,20-21,23H,11-12H2,1-4H3/t20-,21+/m0/s1. The van der Waals surface area contributed by atoms with Crippen LogP contribution in [0.15, 0.2) is 47.4 Å². The molecule has 0 saturated carbocycles. The lowest BCUT2D eigenvalue weighted by molar-refractivity contribution is -0.152. The largest absolute Gasteiger partial charge is 0.451 e. The number of fused-ring (bicyclic) bond motifs is 1. The van der Waals surface area contributed by atoms with Gasteiger partial charge in [0.25, 0.3) is 5.91 Å². The number of hydrogen-bond donors (Lipinski definition) is 1. The van der Waals surface area contributed by atoms with Gasteiger partial charge in [0, 0.05) is 24.9 Å². The number of nitrogens with zero attached hydrogens (tertiary/aromatic N) is 1. The molecule has 148 valence electrons. The van der Waals surface area contributed by atoms with E-state index in [-0.39, 0.29) is 11.2 Å². The molecule has 3 rings (SSSR count). The van der Waals surface area contributed by atoms with Crippen LogP contribution in [-0.4, -0.2) is 38.1 Å². The molecule has 2 atom stereocenters. The van der Waals surface area contributed by atoms with Gasteiger partial charge in [0.1, 0.15) is 0 Å². The molecule has 1 heterocycles. The smallest absolute Gasteiger partial charge is 0.303 e. The van der Waals surface area contributed by atoms with Gasteiger partial charge < -0.3 is 15.0 Å². The molecule has 2 aromatic carbocycles. The highest BCUT2D eigenvalue weighted by molar-refractivity contribution is 7.99. The van der Waals surface area contributed by atoms with Gasteiger partial charge in [0.05, 0.1) is 10.9 Å². The Bertz CT molecular complexity index is 867. The molecule has 0 spiro atoms. The molecule has 0 saturated heterocycles. The van der Waals surface area contributed by atoms with Gasteiger partial charge in [-0.05, 0) is 44.2 Å². The summed E-state index contributed by atoms with van der Waals surface area (Å²) >= 11 is 1.58. The Balaban J connectivity index is 2.11. The predicted molar refractivity (Wildman–Crippen MR) is 113 cm³/mol. The summed E-state index contributed by atoms with van der Waals surface area (Å²) in [5, 5.41) is 2.79. The van der Waals surface area contributed by atoms with Crippen molar-refractivity contribution in [3.05, 3.63) is 59.2 Å². The molecule has 6 heteroatoms. The van der Waals surface area contributed by atoms with Crippen molar-refractivity contribution in [3.8, 4) is 0 Å². The van der Waals surface area contributed by atoms with E-state index in [1.54, 1.807) is 16.7 Å². The van der Waals surface area contributed by atoms with Crippen LogP contribution in [0.3, 0.4) is 0 Å². The summed E-state index contributed by atoms with van der Waals surface area (Å²) in [6, 6.07) is 14.2. The molecule has 0 bridgehead atoms. The second-order valence-corrected chi connectivity index (χ2v) is 8.23. The van der Waals surface area contributed by atoms with E-state index < -0.39 is 12.1 Å². The lowest BCUT2D eigenvalue weighted by Gasteiger charge is -2.27. The number of amides is 1. The van der Waals surface area contributed by atoms with Gasteiger partial charge in [-0.2, -0.15) is 0 Å². The Morgan fingerprint density at radius 2 is 1.82 bits per heavy atom. The number of aryl methyl sites for hydroxylation is 2. The first-order chi connectivity index (χ1) is 13.4. The van der Waals surface area contributed by atoms with Gasteiger partial charge in [-0.25, -0.2) is 0 Å². The maximum absolute atomic E-state index is 13.5. The third-order valence-electron chi connectivity index (χ3n) is 4.73. The molecule has 0 fully saturated rings. The SMILES string of the molecule is CNCCN1C(=O)[C@@H](OC(C)=O)[C@@H](c2ccc(C)cc2)Sc2ccc(C)cc21. The Hall–Kier alpha value is -2.31. The lowest BCUT2D eigenvalue weighted by Crippen LogP contribution is -2.45. The summed E-state index contributed by atoms with van der Waals surface area (Å²) < 4.78 is 5.58. The highest BCUT2D eigenvalue weighted by Gasteiger charge is 2.40. The number of likely N-dealkylation sites (N-methyl/N-ethyl adjacent to an activating group) is 1. The Morgan fingerprint density at radius 3 is 2.46 bits per heavy atom. The third kappa shape index (κ3) is 4.39. The number of anilines is 1. The first-order valence-corrected chi connectivity index (χ1v) is 10.3.